The number of aromatic amines is 1. The Morgan fingerprint density at radius 2 is 1.72 bits per heavy atom. The molecule has 0 aliphatic rings. The van der Waals surface area contributed by atoms with Crippen LogP contribution in [0, 0.1) is 20.8 Å². The van der Waals surface area contributed by atoms with Crippen LogP contribution in [0.15, 0.2) is 47.3 Å². The van der Waals surface area contributed by atoms with Gasteiger partial charge < -0.3 is 10.3 Å². The lowest BCUT2D eigenvalue weighted by Crippen LogP contribution is -2.12. The molecule has 0 fully saturated rings. The standard InChI is InChI=1S/C21H22N2O2/c1-13-8-14(2)10-18(9-13)22-20(24)7-5-16-4-6-19-17(12-16)11-15(3)21(25)23-19/h4,6,8-12H,5,7H2,1-3H3,(H,22,24)(H,23,25). The number of pyridine rings is 1. The van der Waals surface area contributed by atoms with Crippen LogP contribution in [0.4, 0.5) is 5.69 Å². The van der Waals surface area contributed by atoms with E-state index in [-0.39, 0.29) is 11.5 Å². The predicted octanol–water partition coefficient (Wildman–Crippen LogP) is 4.02. The fourth-order valence-corrected chi connectivity index (χ4v) is 3.05. The molecule has 0 atom stereocenters. The third-order valence-corrected chi connectivity index (χ3v) is 4.24. The van der Waals surface area contributed by atoms with Gasteiger partial charge in [0.2, 0.25) is 5.91 Å². The molecule has 1 amide bonds. The van der Waals surface area contributed by atoms with Gasteiger partial charge in [-0.2, -0.15) is 0 Å². The van der Waals surface area contributed by atoms with Gasteiger partial charge in [0.15, 0.2) is 0 Å². The highest BCUT2D eigenvalue weighted by atomic mass is 16.1. The zero-order valence-electron chi connectivity index (χ0n) is 14.8. The molecule has 25 heavy (non-hydrogen) atoms. The van der Waals surface area contributed by atoms with Crippen molar-refractivity contribution in [2.45, 2.75) is 33.6 Å². The van der Waals surface area contributed by atoms with Gasteiger partial charge >= 0.3 is 0 Å². The summed E-state index contributed by atoms with van der Waals surface area (Å²) in [5, 5.41) is 3.95. The van der Waals surface area contributed by atoms with E-state index in [0.29, 0.717) is 18.4 Å². The first kappa shape index (κ1) is 17.0. The summed E-state index contributed by atoms with van der Waals surface area (Å²) < 4.78 is 0. The Bertz CT molecular complexity index is 982. The largest absolute Gasteiger partial charge is 0.326 e. The minimum absolute atomic E-state index is 0.00254. The molecule has 4 nitrogen and oxygen atoms in total. The van der Waals surface area contributed by atoms with E-state index in [2.05, 4.69) is 16.4 Å². The van der Waals surface area contributed by atoms with Crippen molar-refractivity contribution in [2.75, 3.05) is 5.32 Å². The molecule has 0 unspecified atom stereocenters. The Balaban J connectivity index is 1.68. The molecular weight excluding hydrogens is 312 g/mol. The van der Waals surface area contributed by atoms with Gasteiger partial charge in [-0.15, -0.1) is 0 Å². The molecule has 4 heteroatoms. The number of nitrogens with one attached hydrogen (secondary N) is 2. The number of fused-ring (bicyclic) bond motifs is 1. The minimum atomic E-state index is -0.0620. The second-order valence-electron chi connectivity index (χ2n) is 6.63. The summed E-state index contributed by atoms with van der Waals surface area (Å²) >= 11 is 0. The molecule has 1 aromatic heterocycles. The Morgan fingerprint density at radius 1 is 1.00 bits per heavy atom. The Kier molecular flexibility index (Phi) is 4.70. The van der Waals surface area contributed by atoms with Crippen molar-refractivity contribution in [3.05, 3.63) is 75.1 Å². The molecule has 0 bridgehead atoms. The normalized spacial score (nSPS) is 10.8. The second kappa shape index (κ2) is 6.93. The van der Waals surface area contributed by atoms with Crippen molar-refractivity contribution >= 4 is 22.5 Å². The molecule has 1 heterocycles. The lowest BCUT2D eigenvalue weighted by Gasteiger charge is -2.08. The van der Waals surface area contributed by atoms with Crippen LogP contribution < -0.4 is 10.9 Å². The summed E-state index contributed by atoms with van der Waals surface area (Å²) in [5.41, 5.74) is 5.64. The van der Waals surface area contributed by atoms with E-state index in [1.807, 2.05) is 50.2 Å². The number of anilines is 1. The van der Waals surface area contributed by atoms with Crippen molar-refractivity contribution in [3.8, 4) is 0 Å². The van der Waals surface area contributed by atoms with Gasteiger partial charge in [0.05, 0.1) is 0 Å². The van der Waals surface area contributed by atoms with E-state index in [1.54, 1.807) is 6.92 Å². The van der Waals surface area contributed by atoms with Crippen LogP contribution in [0.1, 0.15) is 28.7 Å². The van der Waals surface area contributed by atoms with Gasteiger partial charge in [-0.1, -0.05) is 12.1 Å². The number of aromatic nitrogens is 1. The average molecular weight is 334 g/mol. The summed E-state index contributed by atoms with van der Waals surface area (Å²) in [6, 6.07) is 13.8. The molecule has 128 valence electrons. The van der Waals surface area contributed by atoms with Gasteiger partial charge in [-0.05, 0) is 79.6 Å². The lowest BCUT2D eigenvalue weighted by atomic mass is 10.1. The lowest BCUT2D eigenvalue weighted by molar-refractivity contribution is -0.116. The fourth-order valence-electron chi connectivity index (χ4n) is 3.05. The number of hydrogen-bond acceptors (Lipinski definition) is 2. The van der Waals surface area contributed by atoms with E-state index in [9.17, 15) is 9.59 Å². The van der Waals surface area contributed by atoms with Gasteiger partial charge in [-0.3, -0.25) is 9.59 Å². The van der Waals surface area contributed by atoms with E-state index in [4.69, 9.17) is 0 Å². The molecule has 0 aliphatic carbocycles. The van der Waals surface area contributed by atoms with E-state index >= 15 is 0 Å². The number of rotatable bonds is 4. The van der Waals surface area contributed by atoms with Crippen molar-refractivity contribution in [3.63, 3.8) is 0 Å². The Labute approximate surface area is 146 Å². The van der Waals surface area contributed by atoms with E-state index in [0.717, 1.165) is 33.3 Å². The number of carbonyl (C=O) groups is 1. The smallest absolute Gasteiger partial charge is 0.251 e. The van der Waals surface area contributed by atoms with Crippen molar-refractivity contribution in [1.82, 2.24) is 4.98 Å². The molecular formula is C21H22N2O2. The van der Waals surface area contributed by atoms with Gasteiger partial charge in [0.25, 0.3) is 5.56 Å². The van der Waals surface area contributed by atoms with E-state index < -0.39 is 0 Å². The number of hydrogen-bond donors (Lipinski definition) is 2. The third kappa shape index (κ3) is 4.15. The van der Waals surface area contributed by atoms with Crippen LogP contribution in [0.3, 0.4) is 0 Å². The number of benzene rings is 2. The highest BCUT2D eigenvalue weighted by molar-refractivity contribution is 5.91. The van der Waals surface area contributed by atoms with Gasteiger partial charge in [0, 0.05) is 23.2 Å². The average Bonchev–Trinajstić information content (AvgIpc) is 2.53. The number of H-pyrrole nitrogens is 1. The predicted molar refractivity (Wildman–Crippen MR) is 102 cm³/mol. The molecule has 2 aromatic carbocycles. The molecule has 3 rings (SSSR count). The van der Waals surface area contributed by atoms with Crippen LogP contribution in [-0.2, 0) is 11.2 Å². The molecule has 0 radical (unpaired) electrons. The highest BCUT2D eigenvalue weighted by Crippen LogP contribution is 2.17. The maximum atomic E-state index is 12.2. The zero-order chi connectivity index (χ0) is 18.0. The number of amides is 1. The molecule has 3 aromatic rings. The first-order chi connectivity index (χ1) is 11.9. The first-order valence-electron chi connectivity index (χ1n) is 8.41. The van der Waals surface area contributed by atoms with E-state index in [1.165, 1.54) is 0 Å². The number of carbonyl (C=O) groups excluding carboxylic acids is 1. The summed E-state index contributed by atoms with van der Waals surface area (Å²) in [6.07, 6.45) is 1.07. The summed E-state index contributed by atoms with van der Waals surface area (Å²) in [5.74, 6) is 0.00254. The van der Waals surface area contributed by atoms with Gasteiger partial charge in [-0.25, -0.2) is 0 Å². The van der Waals surface area contributed by atoms with Crippen LogP contribution in [0.5, 0.6) is 0 Å². The van der Waals surface area contributed by atoms with Crippen molar-refractivity contribution in [2.24, 2.45) is 0 Å². The second-order valence-corrected chi connectivity index (χ2v) is 6.63. The monoisotopic (exact) mass is 334 g/mol. The minimum Gasteiger partial charge on any atom is -0.326 e. The summed E-state index contributed by atoms with van der Waals surface area (Å²) in [6.45, 7) is 5.83. The van der Waals surface area contributed by atoms with Crippen LogP contribution in [-0.4, -0.2) is 10.9 Å². The fraction of sp³-hybridized carbons (Fsp3) is 0.238. The maximum absolute atomic E-state index is 12.2. The Hall–Kier alpha value is -2.88. The molecule has 2 N–H and O–H groups in total. The van der Waals surface area contributed by atoms with Crippen molar-refractivity contribution in [1.29, 1.82) is 0 Å². The summed E-state index contributed by atoms with van der Waals surface area (Å²) in [7, 11) is 0. The van der Waals surface area contributed by atoms with Crippen LogP contribution >= 0.6 is 0 Å². The SMILES string of the molecule is Cc1cc(C)cc(NC(=O)CCc2ccc3[nH]c(=O)c(C)cc3c2)c1. The third-order valence-electron chi connectivity index (χ3n) is 4.24. The maximum Gasteiger partial charge on any atom is 0.251 e. The highest BCUT2D eigenvalue weighted by Gasteiger charge is 2.06. The quantitative estimate of drug-likeness (QED) is 0.757. The Morgan fingerprint density at radius 3 is 2.44 bits per heavy atom. The van der Waals surface area contributed by atoms with Crippen molar-refractivity contribution < 1.29 is 4.79 Å². The van der Waals surface area contributed by atoms with Crippen LogP contribution in [0.25, 0.3) is 10.9 Å². The summed E-state index contributed by atoms with van der Waals surface area (Å²) in [4.78, 5) is 26.7. The molecule has 0 spiro atoms. The first-order valence-corrected chi connectivity index (χ1v) is 8.41. The van der Waals surface area contributed by atoms with Crippen LogP contribution in [0.2, 0.25) is 0 Å². The van der Waals surface area contributed by atoms with Gasteiger partial charge in [0.1, 0.15) is 0 Å². The molecule has 0 saturated heterocycles. The topological polar surface area (TPSA) is 62.0 Å². The molecule has 0 saturated carbocycles. The molecule has 0 aliphatic heterocycles. The zero-order valence-corrected chi connectivity index (χ0v) is 14.8. The number of aryl methyl sites for hydroxylation is 4.